The molecule has 1 rings (SSSR count). The maximum Gasteiger partial charge on any atom is 0.309 e. The van der Waals surface area contributed by atoms with Gasteiger partial charge in [-0.25, -0.2) is 4.98 Å². The highest BCUT2D eigenvalue weighted by Gasteiger charge is 2.12. The van der Waals surface area contributed by atoms with Crippen molar-refractivity contribution in [1.29, 1.82) is 0 Å². The summed E-state index contributed by atoms with van der Waals surface area (Å²) in [4.78, 5) is 28.4. The minimum Gasteiger partial charge on any atom is -0.481 e. The molecule has 0 saturated carbocycles. The molecule has 0 radical (unpaired) electrons. The van der Waals surface area contributed by atoms with E-state index in [9.17, 15) is 9.59 Å². The summed E-state index contributed by atoms with van der Waals surface area (Å²) in [5.41, 5.74) is 0.602. The van der Waals surface area contributed by atoms with Gasteiger partial charge in [0, 0.05) is 5.56 Å². The zero-order chi connectivity index (χ0) is 11.4. The van der Waals surface area contributed by atoms with E-state index in [0.29, 0.717) is 23.6 Å². The summed E-state index contributed by atoms with van der Waals surface area (Å²) in [6.45, 7) is 3.94. The van der Waals surface area contributed by atoms with Crippen molar-refractivity contribution in [2.75, 3.05) is 0 Å². The Morgan fingerprint density at radius 1 is 1.60 bits per heavy atom. The van der Waals surface area contributed by atoms with Crippen LogP contribution in [0.2, 0.25) is 0 Å². The Kier molecular flexibility index (Phi) is 3.60. The molecule has 0 aliphatic rings. The average Bonchev–Trinajstić information content (AvgIpc) is 2.09. The van der Waals surface area contributed by atoms with Gasteiger partial charge in [-0.05, 0) is 12.3 Å². The van der Waals surface area contributed by atoms with E-state index in [-0.39, 0.29) is 12.0 Å². The third kappa shape index (κ3) is 3.19. The Morgan fingerprint density at radius 3 is 2.80 bits per heavy atom. The number of hydrogen-bond acceptors (Lipinski definition) is 3. The molecule has 0 fully saturated rings. The number of carboxylic acid groups (broad SMARTS) is 1. The molecule has 1 aromatic heterocycles. The Morgan fingerprint density at radius 2 is 2.27 bits per heavy atom. The lowest BCUT2D eigenvalue weighted by molar-refractivity contribution is -0.136. The van der Waals surface area contributed by atoms with Crippen LogP contribution in [0.15, 0.2) is 11.1 Å². The zero-order valence-electron chi connectivity index (χ0n) is 8.78. The fourth-order valence-electron chi connectivity index (χ4n) is 1.38. The summed E-state index contributed by atoms with van der Waals surface area (Å²) in [7, 11) is 0. The second-order valence-electron chi connectivity index (χ2n) is 3.83. The fourth-order valence-corrected chi connectivity index (χ4v) is 1.38. The van der Waals surface area contributed by atoms with E-state index in [1.165, 1.54) is 6.33 Å². The highest BCUT2D eigenvalue weighted by atomic mass is 16.4. The van der Waals surface area contributed by atoms with Crippen molar-refractivity contribution >= 4 is 5.97 Å². The molecule has 0 aliphatic heterocycles. The van der Waals surface area contributed by atoms with Crippen molar-refractivity contribution in [3.8, 4) is 0 Å². The Bertz CT molecular complexity index is 409. The van der Waals surface area contributed by atoms with Crippen LogP contribution in [0.4, 0.5) is 0 Å². The second kappa shape index (κ2) is 4.72. The summed E-state index contributed by atoms with van der Waals surface area (Å²) < 4.78 is 0. The van der Waals surface area contributed by atoms with Gasteiger partial charge in [-0.3, -0.25) is 9.59 Å². The summed E-state index contributed by atoms with van der Waals surface area (Å²) in [6, 6.07) is 0. The number of aliphatic carboxylic acids is 1. The first-order valence-corrected chi connectivity index (χ1v) is 4.78. The van der Waals surface area contributed by atoms with Gasteiger partial charge in [0.05, 0.1) is 18.4 Å². The van der Waals surface area contributed by atoms with Crippen LogP contribution in [-0.4, -0.2) is 21.0 Å². The predicted molar refractivity (Wildman–Crippen MR) is 54.7 cm³/mol. The molecule has 0 saturated heterocycles. The summed E-state index contributed by atoms with van der Waals surface area (Å²) in [5, 5.41) is 8.66. The first-order chi connectivity index (χ1) is 7.00. The second-order valence-corrected chi connectivity index (χ2v) is 3.83. The maximum atomic E-state index is 11.5. The van der Waals surface area contributed by atoms with Crippen LogP contribution in [0.3, 0.4) is 0 Å². The molecule has 82 valence electrons. The van der Waals surface area contributed by atoms with Crippen LogP contribution < -0.4 is 5.56 Å². The molecule has 15 heavy (non-hydrogen) atoms. The van der Waals surface area contributed by atoms with Crippen LogP contribution >= 0.6 is 0 Å². The summed E-state index contributed by atoms with van der Waals surface area (Å²) in [6.07, 6.45) is 1.59. The number of hydrogen-bond donors (Lipinski definition) is 2. The van der Waals surface area contributed by atoms with Gasteiger partial charge in [-0.15, -0.1) is 0 Å². The number of carboxylic acids is 1. The number of rotatable bonds is 4. The smallest absolute Gasteiger partial charge is 0.309 e. The lowest BCUT2D eigenvalue weighted by Crippen LogP contribution is -2.20. The van der Waals surface area contributed by atoms with Gasteiger partial charge in [0.25, 0.3) is 5.56 Å². The number of nitrogens with zero attached hydrogens (tertiary/aromatic N) is 1. The van der Waals surface area contributed by atoms with Crippen LogP contribution in [0, 0.1) is 5.92 Å². The number of aromatic nitrogens is 2. The molecule has 0 spiro atoms. The summed E-state index contributed by atoms with van der Waals surface area (Å²) in [5.74, 6) is -0.680. The molecule has 2 N–H and O–H groups in total. The first-order valence-electron chi connectivity index (χ1n) is 4.78. The van der Waals surface area contributed by atoms with Gasteiger partial charge in [-0.2, -0.15) is 0 Å². The van der Waals surface area contributed by atoms with E-state index in [1.54, 1.807) is 0 Å². The normalized spacial score (nSPS) is 10.6. The Labute approximate surface area is 87.2 Å². The first kappa shape index (κ1) is 11.4. The lowest BCUT2D eigenvalue weighted by Gasteiger charge is -2.07. The fraction of sp³-hybridized carbons (Fsp3) is 0.500. The van der Waals surface area contributed by atoms with E-state index >= 15 is 0 Å². The Hall–Kier alpha value is -1.65. The highest BCUT2D eigenvalue weighted by Crippen LogP contribution is 2.07. The quantitative estimate of drug-likeness (QED) is 0.762. The molecule has 1 aromatic rings. The van der Waals surface area contributed by atoms with Crippen LogP contribution in [0.25, 0.3) is 0 Å². The van der Waals surface area contributed by atoms with E-state index in [4.69, 9.17) is 5.11 Å². The molecule has 0 unspecified atom stereocenters. The van der Waals surface area contributed by atoms with Crippen LogP contribution in [0.1, 0.15) is 25.1 Å². The van der Waals surface area contributed by atoms with Gasteiger partial charge in [0.1, 0.15) is 0 Å². The molecule has 0 aliphatic carbocycles. The van der Waals surface area contributed by atoms with Crippen molar-refractivity contribution < 1.29 is 9.90 Å². The van der Waals surface area contributed by atoms with Gasteiger partial charge in [0.2, 0.25) is 0 Å². The van der Waals surface area contributed by atoms with E-state index in [2.05, 4.69) is 9.97 Å². The number of nitrogens with one attached hydrogen (secondary N) is 1. The molecule has 0 atom stereocenters. The highest BCUT2D eigenvalue weighted by molar-refractivity contribution is 5.69. The molecule has 0 bridgehead atoms. The molecule has 5 heteroatoms. The zero-order valence-corrected chi connectivity index (χ0v) is 8.78. The van der Waals surface area contributed by atoms with Crippen molar-refractivity contribution in [2.24, 2.45) is 5.92 Å². The predicted octanol–water partition coefficient (Wildman–Crippen LogP) is 0.596. The topological polar surface area (TPSA) is 83.0 Å². The third-order valence-electron chi connectivity index (χ3n) is 1.97. The monoisotopic (exact) mass is 210 g/mol. The standard InChI is InChI=1S/C10H14N2O3/c1-6(2)3-7-8(4-9(13)14)11-5-12-10(7)15/h5-6H,3-4H2,1-2H3,(H,13,14)(H,11,12,15). The van der Waals surface area contributed by atoms with Crippen LogP contribution in [-0.2, 0) is 17.6 Å². The molecule has 5 nitrogen and oxygen atoms in total. The van der Waals surface area contributed by atoms with Gasteiger partial charge in [0.15, 0.2) is 0 Å². The van der Waals surface area contributed by atoms with Crippen molar-refractivity contribution in [2.45, 2.75) is 26.7 Å². The molecule has 0 aromatic carbocycles. The number of aromatic amines is 1. The summed E-state index contributed by atoms with van der Waals surface area (Å²) >= 11 is 0. The third-order valence-corrected chi connectivity index (χ3v) is 1.97. The molecule has 0 amide bonds. The lowest BCUT2D eigenvalue weighted by atomic mass is 10.0. The maximum absolute atomic E-state index is 11.5. The van der Waals surface area contributed by atoms with Gasteiger partial charge in [-0.1, -0.05) is 13.8 Å². The molecule has 1 heterocycles. The average molecular weight is 210 g/mol. The van der Waals surface area contributed by atoms with Crippen molar-refractivity contribution in [3.63, 3.8) is 0 Å². The Balaban J connectivity index is 3.08. The SMILES string of the molecule is CC(C)Cc1c(CC(=O)O)nc[nH]c1=O. The van der Waals surface area contributed by atoms with E-state index in [1.807, 2.05) is 13.8 Å². The minimum absolute atomic E-state index is 0.202. The van der Waals surface area contributed by atoms with E-state index < -0.39 is 5.97 Å². The molecular weight excluding hydrogens is 196 g/mol. The van der Waals surface area contributed by atoms with Gasteiger partial charge >= 0.3 is 5.97 Å². The number of carbonyl (C=O) groups is 1. The van der Waals surface area contributed by atoms with Crippen LogP contribution in [0.5, 0.6) is 0 Å². The van der Waals surface area contributed by atoms with E-state index in [0.717, 1.165) is 0 Å². The number of H-pyrrole nitrogens is 1. The van der Waals surface area contributed by atoms with Gasteiger partial charge < -0.3 is 10.1 Å². The largest absolute Gasteiger partial charge is 0.481 e. The van der Waals surface area contributed by atoms with Crippen molar-refractivity contribution in [3.05, 3.63) is 27.9 Å². The van der Waals surface area contributed by atoms with Crippen molar-refractivity contribution in [1.82, 2.24) is 9.97 Å². The molecular formula is C10H14N2O3. The minimum atomic E-state index is -0.974.